The number of hydrogen-bond acceptors (Lipinski definition) is 3. The van der Waals surface area contributed by atoms with Gasteiger partial charge < -0.3 is 10.3 Å². The summed E-state index contributed by atoms with van der Waals surface area (Å²) in [6.45, 7) is 0. The van der Waals surface area contributed by atoms with Crippen LogP contribution < -0.4 is 5.32 Å². The van der Waals surface area contributed by atoms with Gasteiger partial charge in [0.2, 0.25) is 0 Å². The van der Waals surface area contributed by atoms with Crippen molar-refractivity contribution in [2.45, 2.75) is 0 Å². The number of hydrogen-bond donors (Lipinski definition) is 3. The van der Waals surface area contributed by atoms with Crippen LogP contribution in [0.5, 0.6) is 0 Å². The van der Waals surface area contributed by atoms with Crippen LogP contribution in [-0.2, 0) is 0 Å². The number of nitrogens with one attached hydrogen (secondary N) is 3. The fraction of sp³-hybridized carbons (Fsp3) is 0. The minimum absolute atomic E-state index is 0.253. The number of fused-ring (bicyclic) bond motifs is 2. The van der Waals surface area contributed by atoms with Gasteiger partial charge in [0, 0.05) is 28.7 Å². The molecule has 0 atom stereocenters. The zero-order chi connectivity index (χ0) is 19.1. The lowest BCUT2D eigenvalue weighted by Gasteiger charge is -2.10. The summed E-state index contributed by atoms with van der Waals surface area (Å²) < 4.78 is 13.9. The van der Waals surface area contributed by atoms with Gasteiger partial charge in [0.05, 0.1) is 17.4 Å². The predicted octanol–water partition coefficient (Wildman–Crippen LogP) is 4.50. The lowest BCUT2D eigenvalue weighted by atomic mass is 9.99. The lowest BCUT2D eigenvalue weighted by Crippen LogP contribution is -2.15. The summed E-state index contributed by atoms with van der Waals surface area (Å²) in [5.41, 5.74) is 3.97. The Balaban J connectivity index is 1.63. The van der Waals surface area contributed by atoms with E-state index in [4.69, 9.17) is 0 Å². The van der Waals surface area contributed by atoms with Crippen LogP contribution in [0.25, 0.3) is 32.9 Å². The summed E-state index contributed by atoms with van der Waals surface area (Å²) in [7, 11) is 0. The molecule has 0 aliphatic carbocycles. The zero-order valence-electron chi connectivity index (χ0n) is 14.5. The molecule has 0 saturated carbocycles. The number of H-pyrrole nitrogens is 2. The molecule has 3 N–H and O–H groups in total. The number of rotatable bonds is 3. The van der Waals surface area contributed by atoms with Gasteiger partial charge in [0.15, 0.2) is 11.5 Å². The fourth-order valence-electron chi connectivity index (χ4n) is 3.38. The number of nitrogens with zero attached hydrogens (tertiary/aromatic N) is 2. The quantitative estimate of drug-likeness (QED) is 0.436. The van der Waals surface area contributed by atoms with E-state index in [1.54, 1.807) is 6.20 Å². The van der Waals surface area contributed by atoms with Crippen LogP contribution >= 0.6 is 0 Å². The molecule has 0 spiro atoms. The van der Waals surface area contributed by atoms with E-state index in [0.717, 1.165) is 32.9 Å². The molecular formula is C21H14FN5O. The Kier molecular flexibility index (Phi) is 3.65. The molecule has 5 aromatic rings. The molecule has 136 valence electrons. The monoisotopic (exact) mass is 371 g/mol. The van der Waals surface area contributed by atoms with Gasteiger partial charge in [-0.3, -0.25) is 9.89 Å². The maximum Gasteiger partial charge on any atom is 0.277 e. The van der Waals surface area contributed by atoms with Crippen molar-refractivity contribution in [3.8, 4) is 11.1 Å². The highest BCUT2D eigenvalue weighted by Crippen LogP contribution is 2.34. The molecular weight excluding hydrogens is 357 g/mol. The maximum atomic E-state index is 13.9. The lowest BCUT2D eigenvalue weighted by molar-refractivity contribution is 0.101. The van der Waals surface area contributed by atoms with Crippen molar-refractivity contribution >= 4 is 33.4 Å². The first-order chi connectivity index (χ1) is 13.7. The van der Waals surface area contributed by atoms with Crippen molar-refractivity contribution in [1.82, 2.24) is 20.2 Å². The van der Waals surface area contributed by atoms with Gasteiger partial charge >= 0.3 is 0 Å². The number of aromatic amines is 2. The Morgan fingerprint density at radius 3 is 2.86 bits per heavy atom. The van der Waals surface area contributed by atoms with Crippen molar-refractivity contribution < 1.29 is 9.18 Å². The molecule has 6 nitrogen and oxygen atoms in total. The van der Waals surface area contributed by atoms with E-state index in [2.05, 4.69) is 25.5 Å². The van der Waals surface area contributed by atoms with Crippen LogP contribution in [0, 0.1) is 5.82 Å². The van der Waals surface area contributed by atoms with Crippen LogP contribution in [0.3, 0.4) is 0 Å². The standard InChI is InChI=1S/C21H14FN5O/c22-16-4-2-7-24-20(16)21(28)26-18-9-12(10-19-15(18)11-25-27-19)13-3-1-5-17-14(13)6-8-23-17/h1-11,23H,(H,25,27)(H,26,28). The first-order valence-corrected chi connectivity index (χ1v) is 8.66. The van der Waals surface area contributed by atoms with E-state index >= 15 is 0 Å². The number of pyridine rings is 1. The first-order valence-electron chi connectivity index (χ1n) is 8.66. The van der Waals surface area contributed by atoms with E-state index in [-0.39, 0.29) is 5.69 Å². The smallest absolute Gasteiger partial charge is 0.277 e. The molecule has 3 heterocycles. The van der Waals surface area contributed by atoms with Crippen molar-refractivity contribution in [3.63, 3.8) is 0 Å². The van der Waals surface area contributed by atoms with E-state index in [0.29, 0.717) is 5.69 Å². The van der Waals surface area contributed by atoms with Gasteiger partial charge in [-0.15, -0.1) is 0 Å². The van der Waals surface area contributed by atoms with Crippen molar-refractivity contribution in [2.75, 3.05) is 5.32 Å². The second-order valence-electron chi connectivity index (χ2n) is 6.39. The molecule has 0 unspecified atom stereocenters. The normalized spacial score (nSPS) is 11.2. The molecule has 5 rings (SSSR count). The van der Waals surface area contributed by atoms with Gasteiger partial charge in [0.1, 0.15) is 0 Å². The number of amides is 1. The average Bonchev–Trinajstić information content (AvgIpc) is 3.37. The van der Waals surface area contributed by atoms with E-state index < -0.39 is 11.7 Å². The topological polar surface area (TPSA) is 86.5 Å². The van der Waals surface area contributed by atoms with Gasteiger partial charge in [-0.25, -0.2) is 9.37 Å². The molecule has 0 saturated heterocycles. The molecule has 0 bridgehead atoms. The number of aromatic nitrogens is 4. The summed E-state index contributed by atoms with van der Waals surface area (Å²) >= 11 is 0. The maximum absolute atomic E-state index is 13.9. The predicted molar refractivity (Wildman–Crippen MR) is 106 cm³/mol. The third-order valence-electron chi connectivity index (χ3n) is 4.69. The Labute approximate surface area is 158 Å². The zero-order valence-corrected chi connectivity index (χ0v) is 14.5. The molecule has 28 heavy (non-hydrogen) atoms. The van der Waals surface area contributed by atoms with Gasteiger partial charge in [0.25, 0.3) is 5.91 Å². The molecule has 0 radical (unpaired) electrons. The number of carbonyl (C=O) groups excluding carboxylic acids is 1. The van der Waals surface area contributed by atoms with Crippen LogP contribution in [0.1, 0.15) is 10.5 Å². The molecule has 3 aromatic heterocycles. The third-order valence-corrected chi connectivity index (χ3v) is 4.69. The van der Waals surface area contributed by atoms with Crippen LogP contribution in [0.15, 0.2) is 67.1 Å². The molecule has 0 aliphatic heterocycles. The SMILES string of the molecule is O=C(Nc1cc(-c2cccc3[nH]ccc23)cc2[nH]ncc12)c1ncccc1F. The minimum atomic E-state index is -0.670. The van der Waals surface area contributed by atoms with Gasteiger partial charge in [-0.2, -0.15) is 5.10 Å². The van der Waals surface area contributed by atoms with Crippen LogP contribution in [0.4, 0.5) is 10.1 Å². The number of anilines is 1. The minimum Gasteiger partial charge on any atom is -0.361 e. The molecule has 0 aliphatic rings. The van der Waals surface area contributed by atoms with Gasteiger partial charge in [-0.1, -0.05) is 12.1 Å². The average molecular weight is 371 g/mol. The summed E-state index contributed by atoms with van der Waals surface area (Å²) in [4.78, 5) is 19.6. The Bertz CT molecular complexity index is 1340. The number of benzene rings is 2. The number of halogens is 1. The highest BCUT2D eigenvalue weighted by atomic mass is 19.1. The summed E-state index contributed by atoms with van der Waals surface area (Å²) in [5.74, 6) is -1.28. The van der Waals surface area contributed by atoms with E-state index in [1.807, 2.05) is 42.6 Å². The Morgan fingerprint density at radius 1 is 1.04 bits per heavy atom. The molecule has 1 amide bonds. The summed E-state index contributed by atoms with van der Waals surface area (Å²) in [6, 6.07) is 14.5. The number of carbonyl (C=O) groups is 1. The van der Waals surface area contributed by atoms with Crippen LogP contribution in [-0.4, -0.2) is 26.1 Å². The second-order valence-corrected chi connectivity index (χ2v) is 6.39. The Morgan fingerprint density at radius 2 is 1.96 bits per heavy atom. The Hall–Kier alpha value is -4.00. The summed E-state index contributed by atoms with van der Waals surface area (Å²) in [6.07, 6.45) is 4.89. The first kappa shape index (κ1) is 16.2. The van der Waals surface area contributed by atoms with Gasteiger partial charge in [-0.05, 0) is 47.5 Å². The van der Waals surface area contributed by atoms with E-state index in [9.17, 15) is 9.18 Å². The van der Waals surface area contributed by atoms with E-state index in [1.165, 1.54) is 18.3 Å². The largest absolute Gasteiger partial charge is 0.361 e. The van der Waals surface area contributed by atoms with Crippen LogP contribution in [0.2, 0.25) is 0 Å². The molecule has 7 heteroatoms. The van der Waals surface area contributed by atoms with Crippen molar-refractivity contribution in [3.05, 3.63) is 78.6 Å². The van der Waals surface area contributed by atoms with Crippen molar-refractivity contribution in [2.24, 2.45) is 0 Å². The highest BCUT2D eigenvalue weighted by molar-refractivity contribution is 6.09. The third kappa shape index (κ3) is 2.61. The second kappa shape index (κ2) is 6.31. The molecule has 2 aromatic carbocycles. The molecule has 0 fully saturated rings. The highest BCUT2D eigenvalue weighted by Gasteiger charge is 2.16. The fourth-order valence-corrected chi connectivity index (χ4v) is 3.38. The van der Waals surface area contributed by atoms with Crippen molar-refractivity contribution in [1.29, 1.82) is 0 Å². The summed E-state index contributed by atoms with van der Waals surface area (Å²) in [5, 5.41) is 11.6.